The molecular weight excluding hydrogens is 192 g/mol. The average molecular weight is 200 g/mol. The highest BCUT2D eigenvalue weighted by Crippen LogP contribution is 2.16. The quantitative estimate of drug-likeness (QED) is 0.615. The fraction of sp³-hybridized carbons (Fsp3) is 0.111. The smallest absolute Gasteiger partial charge is 0.178 e. The first-order valence-electron chi connectivity index (χ1n) is 4.51. The van der Waals surface area contributed by atoms with Crippen molar-refractivity contribution in [2.75, 3.05) is 0 Å². The molecule has 3 heterocycles. The second-order valence-corrected chi connectivity index (χ2v) is 3.32. The van der Waals surface area contributed by atoms with Gasteiger partial charge in [-0.2, -0.15) is 15.4 Å². The third kappa shape index (κ3) is 1.26. The Morgan fingerprint density at radius 3 is 3.00 bits per heavy atom. The fourth-order valence-corrected chi connectivity index (χ4v) is 1.44. The molecule has 6 heteroatoms. The van der Waals surface area contributed by atoms with Gasteiger partial charge in [0.05, 0.1) is 11.7 Å². The van der Waals surface area contributed by atoms with Crippen LogP contribution in [0.1, 0.15) is 5.56 Å². The van der Waals surface area contributed by atoms with Crippen LogP contribution in [0, 0.1) is 6.92 Å². The lowest BCUT2D eigenvalue weighted by atomic mass is 10.3. The maximum absolute atomic E-state index is 4.31. The Morgan fingerprint density at radius 1 is 1.27 bits per heavy atom. The number of nitrogens with zero attached hydrogens (tertiary/aromatic N) is 4. The maximum atomic E-state index is 4.31. The van der Waals surface area contributed by atoms with Crippen molar-refractivity contribution in [3.63, 3.8) is 0 Å². The normalized spacial score (nSPS) is 11.0. The van der Waals surface area contributed by atoms with E-state index in [1.165, 1.54) is 0 Å². The minimum atomic E-state index is 0.678. The van der Waals surface area contributed by atoms with Gasteiger partial charge in [-0.3, -0.25) is 0 Å². The Labute approximate surface area is 84.8 Å². The van der Waals surface area contributed by atoms with E-state index in [1.54, 1.807) is 12.4 Å². The molecule has 0 aromatic carbocycles. The van der Waals surface area contributed by atoms with Crippen molar-refractivity contribution in [1.82, 2.24) is 30.4 Å². The lowest BCUT2D eigenvalue weighted by Gasteiger charge is -1.88. The second-order valence-electron chi connectivity index (χ2n) is 3.32. The summed E-state index contributed by atoms with van der Waals surface area (Å²) >= 11 is 0. The van der Waals surface area contributed by atoms with Crippen LogP contribution in [-0.4, -0.2) is 30.4 Å². The number of imidazole rings is 1. The third-order valence-corrected chi connectivity index (χ3v) is 2.13. The molecule has 0 atom stereocenters. The maximum Gasteiger partial charge on any atom is 0.178 e. The number of rotatable bonds is 1. The highest BCUT2D eigenvalue weighted by atomic mass is 15.3. The Balaban J connectivity index is 2.22. The zero-order chi connectivity index (χ0) is 10.3. The second kappa shape index (κ2) is 2.88. The van der Waals surface area contributed by atoms with Gasteiger partial charge in [-0.05, 0) is 18.6 Å². The average Bonchev–Trinajstić information content (AvgIpc) is 2.84. The van der Waals surface area contributed by atoms with Crippen molar-refractivity contribution in [2.24, 2.45) is 0 Å². The lowest BCUT2D eigenvalue weighted by Crippen LogP contribution is -1.79. The summed E-state index contributed by atoms with van der Waals surface area (Å²) in [6, 6.07) is 2.00. The van der Waals surface area contributed by atoms with Gasteiger partial charge in [-0.1, -0.05) is 0 Å². The van der Waals surface area contributed by atoms with Crippen LogP contribution in [0.4, 0.5) is 0 Å². The van der Waals surface area contributed by atoms with E-state index in [-0.39, 0.29) is 0 Å². The summed E-state index contributed by atoms with van der Waals surface area (Å²) in [4.78, 5) is 11.7. The minimum absolute atomic E-state index is 0.678. The van der Waals surface area contributed by atoms with E-state index in [9.17, 15) is 0 Å². The minimum Gasteiger partial charge on any atom is -0.335 e. The summed E-state index contributed by atoms with van der Waals surface area (Å²) in [5.74, 6) is 0.678. The van der Waals surface area contributed by atoms with Crippen LogP contribution in [0.3, 0.4) is 0 Å². The molecule has 0 radical (unpaired) electrons. The molecule has 0 fully saturated rings. The van der Waals surface area contributed by atoms with Crippen LogP contribution in [0.2, 0.25) is 0 Å². The summed E-state index contributed by atoms with van der Waals surface area (Å²) < 4.78 is 0. The third-order valence-electron chi connectivity index (χ3n) is 2.13. The van der Waals surface area contributed by atoms with Crippen molar-refractivity contribution in [1.29, 1.82) is 0 Å². The van der Waals surface area contributed by atoms with Crippen LogP contribution in [-0.2, 0) is 0 Å². The van der Waals surface area contributed by atoms with E-state index in [0.717, 1.165) is 11.1 Å². The van der Waals surface area contributed by atoms with Gasteiger partial charge >= 0.3 is 0 Å². The fourth-order valence-electron chi connectivity index (χ4n) is 1.44. The molecule has 0 saturated heterocycles. The Morgan fingerprint density at radius 2 is 2.20 bits per heavy atom. The van der Waals surface area contributed by atoms with E-state index in [2.05, 4.69) is 30.4 Å². The summed E-state index contributed by atoms with van der Waals surface area (Å²) in [5.41, 5.74) is 3.38. The molecule has 0 aliphatic rings. The molecule has 3 aromatic heterocycles. The van der Waals surface area contributed by atoms with Gasteiger partial charge < -0.3 is 4.98 Å². The largest absolute Gasteiger partial charge is 0.335 e. The predicted octanol–water partition coefficient (Wildman–Crippen LogP) is 1.05. The number of hydrogen-bond donors (Lipinski definition) is 2. The highest BCUT2D eigenvalue weighted by molar-refractivity contribution is 5.75. The van der Waals surface area contributed by atoms with Crippen LogP contribution >= 0.6 is 0 Å². The van der Waals surface area contributed by atoms with Gasteiger partial charge in [0.2, 0.25) is 0 Å². The molecule has 3 rings (SSSR count). The number of pyridine rings is 1. The number of H-pyrrole nitrogens is 2. The van der Waals surface area contributed by atoms with Crippen molar-refractivity contribution in [3.8, 4) is 11.5 Å². The summed E-state index contributed by atoms with van der Waals surface area (Å²) in [6.45, 7) is 1.99. The van der Waals surface area contributed by atoms with Crippen LogP contribution in [0.25, 0.3) is 22.7 Å². The molecule has 0 spiro atoms. The number of hydrogen-bond acceptors (Lipinski definition) is 4. The van der Waals surface area contributed by atoms with Gasteiger partial charge in [0.25, 0.3) is 0 Å². The molecule has 3 aromatic rings. The number of fused-ring (bicyclic) bond motifs is 1. The zero-order valence-electron chi connectivity index (χ0n) is 8.02. The summed E-state index contributed by atoms with van der Waals surface area (Å²) in [7, 11) is 0. The molecule has 0 aliphatic carbocycles. The topological polar surface area (TPSA) is 83.1 Å². The first-order chi connectivity index (χ1) is 7.33. The first-order valence-corrected chi connectivity index (χ1v) is 4.51. The molecular formula is C9H8N6. The van der Waals surface area contributed by atoms with Crippen molar-refractivity contribution in [2.45, 2.75) is 6.92 Å². The van der Waals surface area contributed by atoms with E-state index in [1.807, 2.05) is 13.0 Å². The summed E-state index contributed by atoms with van der Waals surface area (Å²) in [6.07, 6.45) is 3.40. The number of aromatic amines is 2. The van der Waals surface area contributed by atoms with Gasteiger partial charge in [0, 0.05) is 6.20 Å². The molecule has 0 amide bonds. The zero-order valence-corrected chi connectivity index (χ0v) is 8.02. The van der Waals surface area contributed by atoms with Crippen LogP contribution in [0.15, 0.2) is 18.5 Å². The van der Waals surface area contributed by atoms with E-state index in [4.69, 9.17) is 0 Å². The predicted molar refractivity (Wildman–Crippen MR) is 54.0 cm³/mol. The first kappa shape index (κ1) is 8.10. The standard InChI is InChI=1S/C9H8N6/c1-5-2-6-8(10-3-5)13-9(12-6)7-4-11-15-14-7/h2-4H,1H3,(H,10,12,13)(H,11,14,15). The molecule has 15 heavy (non-hydrogen) atoms. The molecule has 6 nitrogen and oxygen atoms in total. The molecule has 2 N–H and O–H groups in total. The Kier molecular flexibility index (Phi) is 1.55. The van der Waals surface area contributed by atoms with Gasteiger partial charge in [-0.15, -0.1) is 0 Å². The molecule has 74 valence electrons. The van der Waals surface area contributed by atoms with Crippen molar-refractivity contribution in [3.05, 3.63) is 24.0 Å². The Bertz CT molecular complexity index is 594. The molecule has 0 saturated carbocycles. The SMILES string of the molecule is Cc1cnc2nc(-c3cn[nH]n3)[nH]c2c1. The molecule has 0 aliphatic heterocycles. The van der Waals surface area contributed by atoms with E-state index in [0.29, 0.717) is 17.2 Å². The van der Waals surface area contributed by atoms with E-state index < -0.39 is 0 Å². The van der Waals surface area contributed by atoms with Crippen molar-refractivity contribution < 1.29 is 0 Å². The lowest BCUT2D eigenvalue weighted by molar-refractivity contribution is 0.940. The number of aromatic nitrogens is 6. The van der Waals surface area contributed by atoms with Gasteiger partial charge in [0.1, 0.15) is 5.69 Å². The Hall–Kier alpha value is -2.24. The van der Waals surface area contributed by atoms with Gasteiger partial charge in [-0.25, -0.2) is 9.97 Å². The van der Waals surface area contributed by atoms with Crippen LogP contribution in [0.5, 0.6) is 0 Å². The number of aryl methyl sites for hydroxylation is 1. The molecule has 0 unspecified atom stereocenters. The van der Waals surface area contributed by atoms with Crippen LogP contribution < -0.4 is 0 Å². The van der Waals surface area contributed by atoms with Crippen molar-refractivity contribution >= 4 is 11.2 Å². The molecule has 0 bridgehead atoms. The highest BCUT2D eigenvalue weighted by Gasteiger charge is 2.07. The van der Waals surface area contributed by atoms with Gasteiger partial charge in [0.15, 0.2) is 11.5 Å². The number of nitrogens with one attached hydrogen (secondary N) is 2. The monoisotopic (exact) mass is 200 g/mol. The summed E-state index contributed by atoms with van der Waals surface area (Å²) in [5, 5.41) is 10.2. The van der Waals surface area contributed by atoms with E-state index >= 15 is 0 Å².